The molecule has 24 heteroatoms. The van der Waals surface area contributed by atoms with Crippen molar-refractivity contribution in [3.63, 3.8) is 0 Å². The fourth-order valence-electron chi connectivity index (χ4n) is 4.45. The number of hydrogen-bond acceptors (Lipinski definition) is 6. The third kappa shape index (κ3) is 17.8. The topological polar surface area (TPSA) is 55.4 Å². The Balaban J connectivity index is 5.18. The molecule has 0 amide bonds. The summed E-state index contributed by atoms with van der Waals surface area (Å²) in [5.74, 6) is -12.8. The molecular formula is C25H46F14O6Si4. The van der Waals surface area contributed by atoms with Crippen molar-refractivity contribution in [2.75, 3.05) is 26.4 Å². The van der Waals surface area contributed by atoms with Crippen LogP contribution in [0.15, 0.2) is 0 Å². The monoisotopic (exact) mass is 820 g/mol. The van der Waals surface area contributed by atoms with Crippen LogP contribution in [0.1, 0.15) is 39.0 Å². The number of unbranched alkanes of at least 4 members (excludes halogenated alkanes) is 1. The van der Waals surface area contributed by atoms with Crippen LogP contribution >= 0.6 is 0 Å². The Morgan fingerprint density at radius 3 is 1.57 bits per heavy atom. The van der Waals surface area contributed by atoms with Crippen molar-refractivity contribution in [3.8, 4) is 0 Å². The normalized spacial score (nSPS) is 17.6. The zero-order chi connectivity index (χ0) is 38.8. The van der Waals surface area contributed by atoms with Crippen LogP contribution in [0.5, 0.6) is 0 Å². The van der Waals surface area contributed by atoms with E-state index in [1.54, 1.807) is 19.6 Å². The first kappa shape index (κ1) is 48.6. The standard InChI is InChI=1S/C25H46F14O6Si4/c1-8-9-18-49(7,45-48(5,6)17-10-13-40-15-12-21(27,28)29)44-46(2)43-47(3,4)16-11-14-41-19-20(26,23(32,33)34)42-25(38,39)22(30,31)24(35,36)37/h46H,8-19H2,1-7H3. The predicted molar refractivity (Wildman–Crippen MR) is 161 cm³/mol. The van der Waals surface area contributed by atoms with Crippen LogP contribution in [0.4, 0.5) is 61.5 Å². The van der Waals surface area contributed by atoms with Gasteiger partial charge >= 0.3 is 45.0 Å². The molecule has 0 aromatic rings. The molecule has 0 aliphatic carbocycles. The second kappa shape index (κ2) is 18.6. The number of rotatable bonds is 24. The van der Waals surface area contributed by atoms with Crippen molar-refractivity contribution in [2.24, 2.45) is 0 Å². The van der Waals surface area contributed by atoms with E-state index in [1.807, 2.05) is 26.6 Å². The third-order valence-corrected chi connectivity index (χ3v) is 22.3. The Kier molecular flexibility index (Phi) is 18.5. The van der Waals surface area contributed by atoms with Gasteiger partial charge in [-0.05, 0) is 70.3 Å². The second-order valence-corrected chi connectivity index (χ2v) is 27.5. The summed E-state index contributed by atoms with van der Waals surface area (Å²) >= 11 is 0. The van der Waals surface area contributed by atoms with Crippen molar-refractivity contribution in [2.45, 2.75) is 133 Å². The van der Waals surface area contributed by atoms with Gasteiger partial charge in [0, 0.05) is 13.2 Å². The van der Waals surface area contributed by atoms with E-state index in [1.165, 1.54) is 0 Å². The van der Waals surface area contributed by atoms with Gasteiger partial charge in [-0.3, -0.25) is 4.74 Å². The summed E-state index contributed by atoms with van der Waals surface area (Å²) in [6, 6.07) is 1.37. The molecular weight excluding hydrogens is 775 g/mol. The molecule has 296 valence electrons. The lowest BCUT2D eigenvalue weighted by Crippen LogP contribution is -2.60. The lowest BCUT2D eigenvalue weighted by atomic mass is 10.2. The lowest BCUT2D eigenvalue weighted by molar-refractivity contribution is -0.486. The zero-order valence-electron chi connectivity index (χ0n) is 28.3. The van der Waals surface area contributed by atoms with E-state index in [0.29, 0.717) is 18.5 Å². The average Bonchev–Trinajstić information content (AvgIpc) is 2.86. The Morgan fingerprint density at radius 1 is 0.592 bits per heavy atom. The first-order chi connectivity index (χ1) is 21.7. The molecule has 0 rings (SSSR count). The van der Waals surface area contributed by atoms with Crippen molar-refractivity contribution in [3.05, 3.63) is 0 Å². The number of halogens is 14. The molecule has 0 heterocycles. The van der Waals surface area contributed by atoms with Crippen LogP contribution in [0, 0.1) is 0 Å². The molecule has 0 fully saturated rings. The number of ether oxygens (including phenoxy) is 3. The summed E-state index contributed by atoms with van der Waals surface area (Å²) in [7, 11) is -10.3. The highest BCUT2D eigenvalue weighted by Crippen LogP contribution is 2.51. The van der Waals surface area contributed by atoms with E-state index in [-0.39, 0.29) is 19.1 Å². The fourth-order valence-corrected chi connectivity index (χ4v) is 21.5. The summed E-state index contributed by atoms with van der Waals surface area (Å²) in [6.45, 7) is 9.46. The quantitative estimate of drug-likeness (QED) is 0.0550. The largest absolute Gasteiger partial charge is 0.462 e. The zero-order valence-corrected chi connectivity index (χ0v) is 32.5. The molecule has 0 saturated carbocycles. The molecule has 0 radical (unpaired) electrons. The molecule has 0 aliphatic heterocycles. The number of hydrogen-bond donors (Lipinski definition) is 0. The van der Waals surface area contributed by atoms with E-state index in [4.69, 9.17) is 17.1 Å². The second-order valence-electron chi connectivity index (χ2n) is 12.8. The molecule has 6 nitrogen and oxygen atoms in total. The molecule has 0 N–H and O–H groups in total. The van der Waals surface area contributed by atoms with Gasteiger partial charge in [0.15, 0.2) is 16.6 Å². The van der Waals surface area contributed by atoms with E-state index >= 15 is 0 Å². The maximum atomic E-state index is 14.3. The van der Waals surface area contributed by atoms with Crippen LogP contribution in [-0.2, 0) is 26.6 Å². The molecule has 0 aliphatic rings. The minimum absolute atomic E-state index is 0.130. The molecule has 0 aromatic carbocycles. The Bertz CT molecular complexity index is 972. The first-order valence-corrected chi connectivity index (χ1v) is 26.2. The molecule has 49 heavy (non-hydrogen) atoms. The highest BCUT2D eigenvalue weighted by molar-refractivity contribution is 6.86. The summed E-state index contributed by atoms with van der Waals surface area (Å²) in [5, 5.41) is 0. The minimum Gasteiger partial charge on any atom is -0.439 e. The van der Waals surface area contributed by atoms with Crippen molar-refractivity contribution < 1.29 is 88.0 Å². The molecule has 3 atom stereocenters. The Morgan fingerprint density at radius 2 is 1.10 bits per heavy atom. The maximum absolute atomic E-state index is 14.3. The van der Waals surface area contributed by atoms with Gasteiger partial charge in [0.2, 0.25) is 0 Å². The van der Waals surface area contributed by atoms with Crippen molar-refractivity contribution in [1.29, 1.82) is 0 Å². The number of alkyl halides is 14. The molecule has 0 bridgehead atoms. The van der Waals surface area contributed by atoms with Crippen LogP contribution in [0.25, 0.3) is 0 Å². The van der Waals surface area contributed by atoms with Crippen molar-refractivity contribution >= 4 is 34.5 Å². The van der Waals surface area contributed by atoms with Gasteiger partial charge in [-0.2, -0.15) is 61.5 Å². The molecule has 0 aromatic heterocycles. The fraction of sp³-hybridized carbons (Fsp3) is 1.00. The lowest BCUT2D eigenvalue weighted by Gasteiger charge is -2.39. The van der Waals surface area contributed by atoms with Crippen LogP contribution in [-0.4, -0.2) is 97.3 Å². The molecule has 3 unspecified atom stereocenters. The van der Waals surface area contributed by atoms with Gasteiger partial charge in [-0.15, -0.1) is 0 Å². The highest BCUT2D eigenvalue weighted by Gasteiger charge is 2.78. The van der Waals surface area contributed by atoms with E-state index in [9.17, 15) is 61.5 Å². The van der Waals surface area contributed by atoms with Crippen LogP contribution in [0.3, 0.4) is 0 Å². The van der Waals surface area contributed by atoms with E-state index < -0.39 is 97.1 Å². The highest BCUT2D eigenvalue weighted by atomic mass is 28.5. The SMILES string of the molecule is CCCC[Si](C)(O[SiH](C)O[Si](C)(C)CCCOCC(F)(OC(F)(F)C(F)(F)C(F)(F)F)C(F)(F)F)O[Si](C)(C)CCCOCCC(F)(F)F. The first-order valence-electron chi connectivity index (χ1n) is 15.3. The Labute approximate surface area is 281 Å². The Hall–Kier alpha value is -0.352. The van der Waals surface area contributed by atoms with Gasteiger partial charge in [-0.1, -0.05) is 19.8 Å². The molecule has 0 spiro atoms. The van der Waals surface area contributed by atoms with Crippen molar-refractivity contribution in [1.82, 2.24) is 0 Å². The predicted octanol–water partition coefficient (Wildman–Crippen LogP) is 9.97. The molecule has 0 saturated heterocycles. The van der Waals surface area contributed by atoms with Gasteiger partial charge in [0.05, 0.1) is 13.0 Å². The van der Waals surface area contributed by atoms with Crippen LogP contribution < -0.4 is 0 Å². The smallest absolute Gasteiger partial charge is 0.439 e. The average molecular weight is 821 g/mol. The van der Waals surface area contributed by atoms with Crippen LogP contribution in [0.2, 0.25) is 57.4 Å². The third-order valence-electron chi connectivity index (χ3n) is 6.76. The van der Waals surface area contributed by atoms with Gasteiger partial charge in [0.25, 0.3) is 9.28 Å². The summed E-state index contributed by atoms with van der Waals surface area (Å²) < 4.78 is 212. The minimum atomic E-state index is -7.14. The van der Waals surface area contributed by atoms with Gasteiger partial charge in [-0.25, -0.2) is 0 Å². The maximum Gasteiger partial charge on any atom is 0.462 e. The summed E-state index contributed by atoms with van der Waals surface area (Å²) in [4.78, 5) is 0. The van der Waals surface area contributed by atoms with E-state index in [0.717, 1.165) is 12.8 Å². The van der Waals surface area contributed by atoms with Gasteiger partial charge < -0.3 is 21.8 Å². The van der Waals surface area contributed by atoms with E-state index in [2.05, 4.69) is 9.47 Å². The summed E-state index contributed by atoms with van der Waals surface area (Å²) in [5.41, 5.74) is 0. The summed E-state index contributed by atoms with van der Waals surface area (Å²) in [6.07, 6.45) is -23.8. The van der Waals surface area contributed by atoms with Gasteiger partial charge in [0.1, 0.15) is 6.61 Å².